The highest BCUT2D eigenvalue weighted by Gasteiger charge is 2.08. The zero-order chi connectivity index (χ0) is 13.8. The molecular formula is C14H19N3S2. The summed E-state index contributed by atoms with van der Waals surface area (Å²) >= 11 is 3.30. The minimum Gasteiger partial charge on any atom is -0.327 e. The van der Waals surface area contributed by atoms with E-state index in [-0.39, 0.29) is 6.04 Å². The maximum absolute atomic E-state index is 5.98. The normalized spacial score (nSPS) is 12.6. The summed E-state index contributed by atoms with van der Waals surface area (Å²) in [6.07, 6.45) is 3.82. The molecular weight excluding hydrogens is 274 g/mol. The van der Waals surface area contributed by atoms with Crippen LogP contribution in [0.2, 0.25) is 0 Å². The number of nitrogens with zero attached hydrogens (tertiary/aromatic N) is 2. The summed E-state index contributed by atoms with van der Waals surface area (Å²) < 4.78 is 1.05. The van der Waals surface area contributed by atoms with E-state index in [2.05, 4.69) is 35.3 Å². The molecule has 5 heteroatoms. The average molecular weight is 293 g/mol. The standard InChI is InChI=1S/C14H19N3S2/c1-4-12(15)6-11-5-9(2)13(16-7-11)19-14-17-10(3)8-18-14/h5,7-8,12H,4,6,15H2,1-3H3. The fraction of sp³-hybridized carbons (Fsp3) is 0.429. The van der Waals surface area contributed by atoms with Gasteiger partial charge in [0.15, 0.2) is 4.34 Å². The summed E-state index contributed by atoms with van der Waals surface area (Å²) in [6, 6.07) is 2.41. The Morgan fingerprint density at radius 3 is 2.79 bits per heavy atom. The molecule has 2 aromatic rings. The van der Waals surface area contributed by atoms with Crippen molar-refractivity contribution in [1.82, 2.24) is 9.97 Å². The number of thiazole rings is 1. The largest absolute Gasteiger partial charge is 0.327 e. The van der Waals surface area contributed by atoms with Gasteiger partial charge in [0.1, 0.15) is 5.03 Å². The Balaban J connectivity index is 2.10. The Hall–Kier alpha value is -0.910. The molecule has 0 aliphatic heterocycles. The zero-order valence-electron chi connectivity index (χ0n) is 11.5. The van der Waals surface area contributed by atoms with Gasteiger partial charge in [-0.15, -0.1) is 11.3 Å². The number of aromatic nitrogens is 2. The molecule has 0 aliphatic rings. The molecule has 0 fully saturated rings. The Kier molecular flexibility index (Phi) is 4.96. The van der Waals surface area contributed by atoms with Crippen LogP contribution >= 0.6 is 23.1 Å². The molecule has 0 amide bonds. The van der Waals surface area contributed by atoms with Gasteiger partial charge < -0.3 is 5.73 Å². The van der Waals surface area contributed by atoms with Gasteiger partial charge in [0.2, 0.25) is 0 Å². The fourth-order valence-corrected chi connectivity index (χ4v) is 3.52. The summed E-state index contributed by atoms with van der Waals surface area (Å²) in [6.45, 7) is 6.22. The topological polar surface area (TPSA) is 51.8 Å². The summed E-state index contributed by atoms with van der Waals surface area (Å²) in [5.74, 6) is 0. The molecule has 2 N–H and O–H groups in total. The number of rotatable bonds is 5. The van der Waals surface area contributed by atoms with E-state index in [9.17, 15) is 0 Å². The van der Waals surface area contributed by atoms with Crippen molar-refractivity contribution in [2.24, 2.45) is 5.73 Å². The van der Waals surface area contributed by atoms with E-state index in [0.29, 0.717) is 0 Å². The number of aryl methyl sites for hydroxylation is 2. The fourth-order valence-electron chi connectivity index (χ4n) is 1.75. The number of nitrogens with two attached hydrogens (primary N) is 1. The van der Waals surface area contributed by atoms with Crippen LogP contribution in [0.5, 0.6) is 0 Å². The molecule has 0 saturated carbocycles. The van der Waals surface area contributed by atoms with Crippen molar-refractivity contribution in [1.29, 1.82) is 0 Å². The van der Waals surface area contributed by atoms with Crippen molar-refractivity contribution in [2.75, 3.05) is 0 Å². The van der Waals surface area contributed by atoms with E-state index in [1.165, 1.54) is 11.1 Å². The van der Waals surface area contributed by atoms with Gasteiger partial charge in [-0.1, -0.05) is 13.0 Å². The molecule has 0 spiro atoms. The number of pyridine rings is 1. The Morgan fingerprint density at radius 2 is 2.21 bits per heavy atom. The minimum atomic E-state index is 0.223. The molecule has 2 rings (SSSR count). The first-order valence-corrected chi connectivity index (χ1v) is 8.09. The first-order chi connectivity index (χ1) is 9.08. The van der Waals surface area contributed by atoms with Crippen LogP contribution in [0, 0.1) is 13.8 Å². The molecule has 0 aromatic carbocycles. The van der Waals surface area contributed by atoms with Crippen molar-refractivity contribution < 1.29 is 0 Å². The first kappa shape index (κ1) is 14.5. The summed E-state index contributed by atoms with van der Waals surface area (Å²) in [7, 11) is 0. The highest BCUT2D eigenvalue weighted by Crippen LogP contribution is 2.31. The maximum atomic E-state index is 5.98. The Morgan fingerprint density at radius 1 is 1.42 bits per heavy atom. The molecule has 19 heavy (non-hydrogen) atoms. The van der Waals surface area contributed by atoms with Crippen LogP contribution in [0.15, 0.2) is 27.0 Å². The predicted octanol–water partition coefficient (Wildman–Crippen LogP) is 3.59. The van der Waals surface area contributed by atoms with Crippen molar-refractivity contribution in [3.8, 4) is 0 Å². The molecule has 2 aromatic heterocycles. The Bertz CT molecular complexity index is 551. The van der Waals surface area contributed by atoms with E-state index < -0.39 is 0 Å². The SMILES string of the molecule is CCC(N)Cc1cnc(Sc2nc(C)cs2)c(C)c1. The van der Waals surface area contributed by atoms with E-state index in [4.69, 9.17) is 5.73 Å². The molecule has 102 valence electrons. The van der Waals surface area contributed by atoms with Crippen molar-refractivity contribution in [2.45, 2.75) is 49.0 Å². The summed E-state index contributed by atoms with van der Waals surface area (Å²) in [5, 5.41) is 3.09. The highest BCUT2D eigenvalue weighted by atomic mass is 32.2. The van der Waals surface area contributed by atoms with Gasteiger partial charge >= 0.3 is 0 Å². The van der Waals surface area contributed by atoms with E-state index in [1.807, 2.05) is 13.1 Å². The second kappa shape index (κ2) is 6.50. The molecule has 3 nitrogen and oxygen atoms in total. The second-order valence-electron chi connectivity index (χ2n) is 4.69. The lowest BCUT2D eigenvalue weighted by Crippen LogP contribution is -2.21. The van der Waals surface area contributed by atoms with Gasteiger partial charge in [-0.05, 0) is 49.6 Å². The molecule has 0 bridgehead atoms. The minimum absolute atomic E-state index is 0.223. The van der Waals surface area contributed by atoms with Gasteiger partial charge in [0, 0.05) is 23.3 Å². The van der Waals surface area contributed by atoms with E-state index >= 15 is 0 Å². The second-order valence-corrected chi connectivity index (χ2v) is 6.79. The van der Waals surface area contributed by atoms with Crippen LogP contribution in [0.3, 0.4) is 0 Å². The van der Waals surface area contributed by atoms with Crippen molar-refractivity contribution in [3.63, 3.8) is 0 Å². The van der Waals surface area contributed by atoms with Crippen LogP contribution in [-0.4, -0.2) is 16.0 Å². The third kappa shape index (κ3) is 4.03. The molecule has 0 radical (unpaired) electrons. The van der Waals surface area contributed by atoms with Crippen molar-refractivity contribution >= 4 is 23.1 Å². The van der Waals surface area contributed by atoms with Crippen LogP contribution in [0.4, 0.5) is 0 Å². The number of hydrogen-bond acceptors (Lipinski definition) is 5. The van der Waals surface area contributed by atoms with Gasteiger partial charge in [0.25, 0.3) is 0 Å². The number of hydrogen-bond donors (Lipinski definition) is 1. The van der Waals surface area contributed by atoms with Gasteiger partial charge in [-0.3, -0.25) is 0 Å². The van der Waals surface area contributed by atoms with Gasteiger partial charge in [-0.25, -0.2) is 9.97 Å². The van der Waals surface area contributed by atoms with Crippen molar-refractivity contribution in [3.05, 3.63) is 34.5 Å². The van der Waals surface area contributed by atoms with E-state index in [1.54, 1.807) is 23.1 Å². The predicted molar refractivity (Wildman–Crippen MR) is 81.9 cm³/mol. The summed E-state index contributed by atoms with van der Waals surface area (Å²) in [4.78, 5) is 9.00. The van der Waals surface area contributed by atoms with Crippen LogP contribution in [0.1, 0.15) is 30.2 Å². The van der Waals surface area contributed by atoms with Gasteiger partial charge in [-0.2, -0.15) is 0 Å². The summed E-state index contributed by atoms with van der Waals surface area (Å²) in [5.41, 5.74) is 9.45. The Labute approximate surface area is 122 Å². The van der Waals surface area contributed by atoms with Crippen LogP contribution < -0.4 is 5.73 Å². The van der Waals surface area contributed by atoms with Crippen LogP contribution in [0.25, 0.3) is 0 Å². The smallest absolute Gasteiger partial charge is 0.156 e. The quantitative estimate of drug-likeness (QED) is 0.915. The zero-order valence-corrected chi connectivity index (χ0v) is 13.1. The molecule has 1 unspecified atom stereocenters. The average Bonchev–Trinajstić information content (AvgIpc) is 2.78. The van der Waals surface area contributed by atoms with Crippen LogP contribution in [-0.2, 0) is 6.42 Å². The third-order valence-electron chi connectivity index (χ3n) is 2.89. The maximum Gasteiger partial charge on any atom is 0.156 e. The van der Waals surface area contributed by atoms with E-state index in [0.717, 1.165) is 27.9 Å². The lowest BCUT2D eigenvalue weighted by atomic mass is 10.1. The highest BCUT2D eigenvalue weighted by molar-refractivity contribution is 8.01. The lowest BCUT2D eigenvalue weighted by Gasteiger charge is -2.10. The molecule has 0 aliphatic carbocycles. The molecule has 1 atom stereocenters. The lowest BCUT2D eigenvalue weighted by molar-refractivity contribution is 0.644. The third-order valence-corrected chi connectivity index (χ3v) is 5.07. The molecule has 2 heterocycles. The molecule has 0 saturated heterocycles. The first-order valence-electron chi connectivity index (χ1n) is 6.39. The van der Waals surface area contributed by atoms with Gasteiger partial charge in [0.05, 0.1) is 0 Å². The monoisotopic (exact) mass is 293 g/mol.